The lowest BCUT2D eigenvalue weighted by Gasteiger charge is -2.35. The number of benzene rings is 1. The fraction of sp³-hybridized carbons (Fsp3) is 0.556. The fourth-order valence-corrected chi connectivity index (χ4v) is 4.39. The fourth-order valence-electron chi connectivity index (χ4n) is 3.20. The normalized spacial score (nSPS) is 18.3. The molecule has 0 aromatic heterocycles. The largest absolute Gasteiger partial charge is 0.326 e. The van der Waals surface area contributed by atoms with Gasteiger partial charge in [-0.1, -0.05) is 26.0 Å². The van der Waals surface area contributed by atoms with Crippen LogP contribution in [0.3, 0.4) is 0 Å². The van der Waals surface area contributed by atoms with E-state index >= 15 is 0 Å². The molecule has 1 unspecified atom stereocenters. The second kappa shape index (κ2) is 7.57. The average molecular weight is 350 g/mol. The van der Waals surface area contributed by atoms with E-state index in [4.69, 9.17) is 0 Å². The molecule has 0 spiro atoms. The lowest BCUT2D eigenvalue weighted by Crippen LogP contribution is -2.41. The van der Waals surface area contributed by atoms with Gasteiger partial charge in [0, 0.05) is 25.7 Å². The first-order valence-corrected chi connectivity index (χ1v) is 9.16. The van der Waals surface area contributed by atoms with E-state index < -0.39 is 0 Å². The Hall–Kier alpha value is -1.53. The van der Waals surface area contributed by atoms with Crippen LogP contribution in [0.2, 0.25) is 0 Å². The van der Waals surface area contributed by atoms with Gasteiger partial charge in [0.1, 0.15) is 5.37 Å². The number of hydrogen-bond donors (Lipinski definition) is 1. The molecule has 1 atom stereocenters. The summed E-state index contributed by atoms with van der Waals surface area (Å²) in [5, 5.41) is 2.82. The van der Waals surface area contributed by atoms with Crippen molar-refractivity contribution in [3.63, 3.8) is 0 Å². The minimum atomic E-state index is -0.0831. The van der Waals surface area contributed by atoms with E-state index in [1.165, 1.54) is 6.92 Å². The van der Waals surface area contributed by atoms with Crippen LogP contribution in [0.1, 0.15) is 31.7 Å². The number of thioether (sulfide) groups is 1. The van der Waals surface area contributed by atoms with Gasteiger partial charge < -0.3 is 15.1 Å². The molecular weight excluding hydrogens is 322 g/mol. The Labute approximate surface area is 148 Å². The van der Waals surface area contributed by atoms with E-state index in [1.54, 1.807) is 11.8 Å². The molecule has 2 amide bonds. The molecule has 5 nitrogen and oxygen atoms in total. The van der Waals surface area contributed by atoms with Gasteiger partial charge >= 0.3 is 0 Å². The highest BCUT2D eigenvalue weighted by Crippen LogP contribution is 2.40. The monoisotopic (exact) mass is 349 g/mol. The molecule has 1 aromatic rings. The molecule has 2 rings (SSSR count). The number of carbonyl (C=O) groups is 2. The minimum absolute atomic E-state index is 0.0262. The predicted octanol–water partition coefficient (Wildman–Crippen LogP) is 2.81. The maximum absolute atomic E-state index is 12.4. The zero-order valence-electron chi connectivity index (χ0n) is 15.1. The predicted molar refractivity (Wildman–Crippen MR) is 100.0 cm³/mol. The molecule has 1 fully saturated rings. The lowest BCUT2D eigenvalue weighted by molar-refractivity contribution is -0.129. The number of nitrogens with one attached hydrogen (secondary N) is 1. The van der Waals surface area contributed by atoms with Crippen LogP contribution in [0.5, 0.6) is 0 Å². The molecule has 1 aromatic carbocycles. The van der Waals surface area contributed by atoms with Gasteiger partial charge in [-0.2, -0.15) is 0 Å². The number of nitrogens with zero attached hydrogens (tertiary/aromatic N) is 2. The zero-order chi connectivity index (χ0) is 17.9. The van der Waals surface area contributed by atoms with Crippen molar-refractivity contribution < 1.29 is 9.59 Å². The molecule has 132 valence electrons. The minimum Gasteiger partial charge on any atom is -0.326 e. The van der Waals surface area contributed by atoms with E-state index in [0.29, 0.717) is 5.75 Å². The first kappa shape index (κ1) is 18.8. The Balaban J connectivity index is 2.13. The van der Waals surface area contributed by atoms with Crippen LogP contribution in [0.25, 0.3) is 0 Å². The van der Waals surface area contributed by atoms with Gasteiger partial charge in [-0.15, -0.1) is 11.8 Å². The highest BCUT2D eigenvalue weighted by atomic mass is 32.2. The van der Waals surface area contributed by atoms with Gasteiger partial charge in [-0.3, -0.25) is 9.59 Å². The standard InChI is InChI=1S/C18H27N3O2S/c1-13(22)19-15-8-6-14(7-9-15)17-21(16(23)10-24-17)12-18(2,3)11-20(4)5/h6-9,17H,10-12H2,1-5H3,(H,19,22). The Morgan fingerprint density at radius 2 is 1.96 bits per heavy atom. The van der Waals surface area contributed by atoms with Crippen LogP contribution in [0.4, 0.5) is 5.69 Å². The van der Waals surface area contributed by atoms with Crippen LogP contribution in [-0.2, 0) is 9.59 Å². The van der Waals surface area contributed by atoms with E-state index in [2.05, 4.69) is 38.2 Å². The van der Waals surface area contributed by atoms with E-state index in [0.717, 1.165) is 24.3 Å². The van der Waals surface area contributed by atoms with E-state index in [9.17, 15) is 9.59 Å². The highest BCUT2D eigenvalue weighted by Gasteiger charge is 2.36. The molecule has 6 heteroatoms. The molecule has 1 heterocycles. The number of rotatable bonds is 6. The summed E-state index contributed by atoms with van der Waals surface area (Å²) in [5.74, 6) is 0.638. The van der Waals surface area contributed by atoms with Crippen LogP contribution in [0.15, 0.2) is 24.3 Å². The molecule has 0 radical (unpaired) electrons. The second-order valence-electron chi connectivity index (χ2n) is 7.39. The maximum atomic E-state index is 12.4. The van der Waals surface area contributed by atoms with Crippen molar-refractivity contribution in [2.75, 3.05) is 38.3 Å². The van der Waals surface area contributed by atoms with Gasteiger partial charge in [0.25, 0.3) is 0 Å². The molecule has 1 saturated heterocycles. The Kier molecular flexibility index (Phi) is 5.93. The van der Waals surface area contributed by atoms with Crippen LogP contribution >= 0.6 is 11.8 Å². The number of amides is 2. The topological polar surface area (TPSA) is 52.7 Å². The van der Waals surface area contributed by atoms with Crippen LogP contribution < -0.4 is 5.32 Å². The van der Waals surface area contributed by atoms with E-state index in [-0.39, 0.29) is 22.6 Å². The van der Waals surface area contributed by atoms with Crippen molar-refractivity contribution in [3.05, 3.63) is 29.8 Å². The molecule has 24 heavy (non-hydrogen) atoms. The summed E-state index contributed by atoms with van der Waals surface area (Å²) in [6, 6.07) is 7.77. The number of carbonyl (C=O) groups excluding carboxylic acids is 2. The van der Waals surface area contributed by atoms with Crippen molar-refractivity contribution >= 4 is 29.3 Å². The average Bonchev–Trinajstić information content (AvgIpc) is 2.78. The summed E-state index contributed by atoms with van der Waals surface area (Å²) in [7, 11) is 4.11. The Bertz CT molecular complexity index is 599. The van der Waals surface area contributed by atoms with E-state index in [1.807, 2.05) is 29.2 Å². The molecule has 1 aliphatic rings. The molecule has 0 aliphatic carbocycles. The summed E-state index contributed by atoms with van der Waals surface area (Å²) >= 11 is 1.67. The van der Waals surface area contributed by atoms with Crippen molar-refractivity contribution in [1.29, 1.82) is 0 Å². The van der Waals surface area contributed by atoms with Gasteiger partial charge in [0.15, 0.2) is 0 Å². The summed E-state index contributed by atoms with van der Waals surface area (Å²) in [5.41, 5.74) is 1.90. The van der Waals surface area contributed by atoms with Crippen molar-refractivity contribution in [2.45, 2.75) is 26.1 Å². The summed E-state index contributed by atoms with van der Waals surface area (Å²) in [6.07, 6.45) is 0. The molecule has 0 bridgehead atoms. The van der Waals surface area contributed by atoms with Crippen molar-refractivity contribution in [3.8, 4) is 0 Å². The lowest BCUT2D eigenvalue weighted by atomic mass is 9.92. The van der Waals surface area contributed by atoms with Crippen molar-refractivity contribution in [1.82, 2.24) is 9.80 Å². The van der Waals surface area contributed by atoms with Gasteiger partial charge in [-0.05, 0) is 37.2 Å². The molecule has 0 saturated carbocycles. The first-order valence-electron chi connectivity index (χ1n) is 8.11. The summed E-state index contributed by atoms with van der Waals surface area (Å²) in [6.45, 7) is 7.54. The third-order valence-corrected chi connectivity index (χ3v) is 5.08. The Morgan fingerprint density at radius 3 is 2.50 bits per heavy atom. The second-order valence-corrected chi connectivity index (χ2v) is 8.46. The quantitative estimate of drug-likeness (QED) is 0.858. The van der Waals surface area contributed by atoms with Crippen LogP contribution in [-0.4, -0.2) is 54.6 Å². The van der Waals surface area contributed by atoms with Gasteiger partial charge in [0.2, 0.25) is 11.8 Å². The SMILES string of the molecule is CC(=O)Nc1ccc(C2SCC(=O)N2CC(C)(C)CN(C)C)cc1. The summed E-state index contributed by atoms with van der Waals surface area (Å²) in [4.78, 5) is 27.6. The maximum Gasteiger partial charge on any atom is 0.233 e. The highest BCUT2D eigenvalue weighted by molar-refractivity contribution is 8.00. The molecule has 1 aliphatic heterocycles. The van der Waals surface area contributed by atoms with Gasteiger partial charge in [0.05, 0.1) is 5.75 Å². The third-order valence-electron chi connectivity index (χ3n) is 3.83. The number of anilines is 1. The smallest absolute Gasteiger partial charge is 0.233 e. The summed E-state index contributed by atoms with van der Waals surface area (Å²) < 4.78 is 0. The number of hydrogen-bond acceptors (Lipinski definition) is 4. The Morgan fingerprint density at radius 1 is 1.33 bits per heavy atom. The van der Waals surface area contributed by atoms with Crippen LogP contribution in [0, 0.1) is 5.41 Å². The van der Waals surface area contributed by atoms with Gasteiger partial charge in [-0.25, -0.2) is 0 Å². The van der Waals surface area contributed by atoms with Crippen molar-refractivity contribution in [2.24, 2.45) is 5.41 Å². The molecular formula is C18H27N3O2S. The molecule has 1 N–H and O–H groups in total. The zero-order valence-corrected chi connectivity index (χ0v) is 15.9. The third kappa shape index (κ3) is 4.98. The first-order chi connectivity index (χ1) is 11.2.